The average molecular weight is 264 g/mol. The second-order valence-corrected chi connectivity index (χ2v) is 5.48. The third kappa shape index (κ3) is 4.03. The Balaban J connectivity index is 2.08. The summed E-state index contributed by atoms with van der Waals surface area (Å²) in [4.78, 5) is 0. The van der Waals surface area contributed by atoms with E-state index in [0.29, 0.717) is 6.61 Å². The highest BCUT2D eigenvalue weighted by Gasteiger charge is 2.27. The van der Waals surface area contributed by atoms with Crippen molar-refractivity contribution in [1.82, 2.24) is 0 Å². The van der Waals surface area contributed by atoms with E-state index in [0.717, 1.165) is 49.6 Å². The topological polar surface area (TPSA) is 56.5 Å². The van der Waals surface area contributed by atoms with E-state index < -0.39 is 0 Å². The van der Waals surface area contributed by atoms with E-state index in [9.17, 15) is 0 Å². The monoisotopic (exact) mass is 264 g/mol. The normalized spacial score (nSPS) is 23.1. The van der Waals surface area contributed by atoms with Crippen molar-refractivity contribution in [3.05, 3.63) is 18.2 Å². The fourth-order valence-electron chi connectivity index (χ4n) is 2.38. The molecular weight excluding hydrogens is 240 g/mol. The van der Waals surface area contributed by atoms with E-state index in [4.69, 9.17) is 15.2 Å². The minimum atomic E-state index is -0.0198. The van der Waals surface area contributed by atoms with Crippen molar-refractivity contribution in [3.8, 4) is 5.75 Å². The van der Waals surface area contributed by atoms with Gasteiger partial charge < -0.3 is 20.5 Å². The highest BCUT2D eigenvalue weighted by Crippen LogP contribution is 2.28. The molecule has 1 fully saturated rings. The zero-order valence-corrected chi connectivity index (χ0v) is 11.9. The summed E-state index contributed by atoms with van der Waals surface area (Å²) in [6, 6.07) is 5.81. The largest absolute Gasteiger partial charge is 0.493 e. The van der Waals surface area contributed by atoms with Crippen molar-refractivity contribution in [2.24, 2.45) is 0 Å². The summed E-state index contributed by atoms with van der Waals surface area (Å²) in [5.41, 5.74) is 7.63. The van der Waals surface area contributed by atoms with Gasteiger partial charge in [-0.15, -0.1) is 0 Å². The third-order valence-electron chi connectivity index (χ3n) is 3.29. The van der Waals surface area contributed by atoms with E-state index in [1.807, 2.05) is 18.2 Å². The Labute approximate surface area is 115 Å². The number of benzene rings is 1. The molecule has 1 saturated heterocycles. The van der Waals surface area contributed by atoms with Crippen molar-refractivity contribution in [2.75, 3.05) is 30.9 Å². The lowest BCUT2D eigenvalue weighted by atomic mass is 9.94. The molecule has 1 atom stereocenters. The number of rotatable bonds is 5. The van der Waals surface area contributed by atoms with Gasteiger partial charge in [0, 0.05) is 30.1 Å². The van der Waals surface area contributed by atoms with Gasteiger partial charge in [0.05, 0.1) is 18.8 Å². The zero-order valence-electron chi connectivity index (χ0n) is 11.9. The maximum Gasteiger partial charge on any atom is 0.123 e. The van der Waals surface area contributed by atoms with Gasteiger partial charge in [0.2, 0.25) is 0 Å². The minimum Gasteiger partial charge on any atom is -0.493 e. The number of anilines is 2. The van der Waals surface area contributed by atoms with Gasteiger partial charge in [-0.2, -0.15) is 0 Å². The molecule has 1 aliphatic heterocycles. The molecule has 3 N–H and O–H groups in total. The van der Waals surface area contributed by atoms with Crippen LogP contribution in [0.4, 0.5) is 11.4 Å². The van der Waals surface area contributed by atoms with E-state index >= 15 is 0 Å². The van der Waals surface area contributed by atoms with Gasteiger partial charge in [0.25, 0.3) is 0 Å². The summed E-state index contributed by atoms with van der Waals surface area (Å²) < 4.78 is 11.2. The standard InChI is InChI=1S/C15H24N2O2/c1-3-6-19-14-9-12(16)8-13(10-14)17-15(2)5-4-7-18-11-15/h8-10,17H,3-7,11,16H2,1-2H3. The van der Waals surface area contributed by atoms with Crippen LogP contribution in [0.3, 0.4) is 0 Å². The third-order valence-corrected chi connectivity index (χ3v) is 3.29. The molecule has 4 heteroatoms. The predicted molar refractivity (Wildman–Crippen MR) is 78.7 cm³/mol. The summed E-state index contributed by atoms with van der Waals surface area (Å²) in [5.74, 6) is 0.824. The van der Waals surface area contributed by atoms with Crippen LogP contribution in [-0.4, -0.2) is 25.4 Å². The first-order valence-electron chi connectivity index (χ1n) is 7.01. The van der Waals surface area contributed by atoms with Gasteiger partial charge in [0.15, 0.2) is 0 Å². The van der Waals surface area contributed by atoms with E-state index in [1.54, 1.807) is 0 Å². The summed E-state index contributed by atoms with van der Waals surface area (Å²) in [6.45, 7) is 6.57. The van der Waals surface area contributed by atoms with Gasteiger partial charge in [0.1, 0.15) is 5.75 Å². The highest BCUT2D eigenvalue weighted by atomic mass is 16.5. The summed E-state index contributed by atoms with van der Waals surface area (Å²) >= 11 is 0. The molecule has 1 heterocycles. The Morgan fingerprint density at radius 2 is 2.26 bits per heavy atom. The van der Waals surface area contributed by atoms with Crippen molar-refractivity contribution in [3.63, 3.8) is 0 Å². The van der Waals surface area contributed by atoms with Crippen molar-refractivity contribution < 1.29 is 9.47 Å². The van der Waals surface area contributed by atoms with Crippen LogP contribution >= 0.6 is 0 Å². The zero-order chi connectivity index (χ0) is 13.7. The lowest BCUT2D eigenvalue weighted by molar-refractivity contribution is 0.0540. The van der Waals surface area contributed by atoms with Crippen LogP contribution < -0.4 is 15.8 Å². The number of nitrogens with two attached hydrogens (primary N) is 1. The Bertz CT molecular complexity index is 415. The van der Waals surface area contributed by atoms with Crippen molar-refractivity contribution >= 4 is 11.4 Å². The molecule has 2 rings (SSSR count). The molecule has 19 heavy (non-hydrogen) atoms. The van der Waals surface area contributed by atoms with E-state index in [2.05, 4.69) is 19.2 Å². The summed E-state index contributed by atoms with van der Waals surface area (Å²) in [7, 11) is 0. The summed E-state index contributed by atoms with van der Waals surface area (Å²) in [6.07, 6.45) is 3.18. The van der Waals surface area contributed by atoms with Gasteiger partial charge in [-0.05, 0) is 32.3 Å². The molecule has 0 saturated carbocycles. The lowest BCUT2D eigenvalue weighted by Gasteiger charge is -2.35. The van der Waals surface area contributed by atoms with E-state index in [1.165, 1.54) is 0 Å². The molecule has 1 aromatic rings. The van der Waals surface area contributed by atoms with Gasteiger partial charge in [-0.1, -0.05) is 6.92 Å². The maximum atomic E-state index is 5.93. The molecule has 1 aliphatic rings. The van der Waals surface area contributed by atoms with Crippen molar-refractivity contribution in [1.29, 1.82) is 0 Å². The Hall–Kier alpha value is -1.42. The number of nitrogen functional groups attached to an aromatic ring is 1. The maximum absolute atomic E-state index is 5.93. The molecule has 0 spiro atoms. The molecule has 0 radical (unpaired) electrons. The molecular formula is C15H24N2O2. The fourth-order valence-corrected chi connectivity index (χ4v) is 2.38. The number of hydrogen-bond acceptors (Lipinski definition) is 4. The quantitative estimate of drug-likeness (QED) is 0.803. The first-order chi connectivity index (χ1) is 9.11. The highest BCUT2D eigenvalue weighted by molar-refractivity contribution is 5.60. The first kappa shape index (κ1) is 14.0. The van der Waals surface area contributed by atoms with Crippen LogP contribution in [0.5, 0.6) is 5.75 Å². The van der Waals surface area contributed by atoms with Crippen LogP contribution in [0.15, 0.2) is 18.2 Å². The Kier molecular flexibility index (Phi) is 4.53. The van der Waals surface area contributed by atoms with E-state index in [-0.39, 0.29) is 5.54 Å². The second-order valence-electron chi connectivity index (χ2n) is 5.48. The number of nitrogens with one attached hydrogen (secondary N) is 1. The van der Waals surface area contributed by atoms with Crippen LogP contribution in [0.25, 0.3) is 0 Å². The number of ether oxygens (including phenoxy) is 2. The van der Waals surface area contributed by atoms with Crippen LogP contribution in [0.1, 0.15) is 33.1 Å². The molecule has 0 amide bonds. The molecule has 106 valence electrons. The molecule has 1 aromatic carbocycles. The molecule has 1 unspecified atom stereocenters. The smallest absolute Gasteiger partial charge is 0.123 e. The van der Waals surface area contributed by atoms with Gasteiger partial charge in [-0.3, -0.25) is 0 Å². The molecule has 0 bridgehead atoms. The molecule has 0 aromatic heterocycles. The lowest BCUT2D eigenvalue weighted by Crippen LogP contribution is -2.43. The summed E-state index contributed by atoms with van der Waals surface area (Å²) in [5, 5.41) is 3.53. The molecule has 0 aliphatic carbocycles. The van der Waals surface area contributed by atoms with Gasteiger partial charge >= 0.3 is 0 Å². The Morgan fingerprint density at radius 1 is 1.42 bits per heavy atom. The van der Waals surface area contributed by atoms with Gasteiger partial charge in [-0.25, -0.2) is 0 Å². The first-order valence-corrected chi connectivity index (χ1v) is 7.01. The van der Waals surface area contributed by atoms with Crippen LogP contribution in [0.2, 0.25) is 0 Å². The van der Waals surface area contributed by atoms with Crippen LogP contribution in [-0.2, 0) is 4.74 Å². The fraction of sp³-hybridized carbons (Fsp3) is 0.600. The van der Waals surface area contributed by atoms with Crippen molar-refractivity contribution in [2.45, 2.75) is 38.6 Å². The second kappa shape index (κ2) is 6.15. The van der Waals surface area contributed by atoms with Crippen LogP contribution in [0, 0.1) is 0 Å². The predicted octanol–water partition coefficient (Wildman–Crippen LogP) is 3.04. The molecule has 4 nitrogen and oxygen atoms in total. The minimum absolute atomic E-state index is 0.0198. The Morgan fingerprint density at radius 3 is 2.95 bits per heavy atom. The average Bonchev–Trinajstić information content (AvgIpc) is 2.36. The number of hydrogen-bond donors (Lipinski definition) is 2. The SMILES string of the molecule is CCCOc1cc(N)cc(NC2(C)CCCOC2)c1.